The maximum Gasteiger partial charge on any atom is 0.416 e. The van der Waals surface area contributed by atoms with E-state index >= 15 is 0 Å². The predicted octanol–water partition coefficient (Wildman–Crippen LogP) is 2.18. The molecule has 1 aliphatic carbocycles. The number of amides is 1. The monoisotopic (exact) mass is 364 g/mol. The van der Waals surface area contributed by atoms with Gasteiger partial charge in [0.25, 0.3) is 0 Å². The van der Waals surface area contributed by atoms with E-state index in [1.807, 2.05) is 30.1 Å². The van der Waals surface area contributed by atoms with Crippen LogP contribution in [0.4, 0.5) is 4.79 Å². The summed E-state index contributed by atoms with van der Waals surface area (Å²) in [6.07, 6.45) is 8.21. The topological polar surface area (TPSA) is 78.1 Å². The second kappa shape index (κ2) is 6.22. The number of carbonyl (C=O) groups is 1. The Kier molecular flexibility index (Phi) is 3.70. The summed E-state index contributed by atoms with van der Waals surface area (Å²) >= 11 is 0. The lowest BCUT2D eigenvalue weighted by atomic mass is 10.1. The van der Waals surface area contributed by atoms with Crippen molar-refractivity contribution in [1.29, 1.82) is 0 Å². The molecule has 5 rings (SSSR count). The van der Waals surface area contributed by atoms with Crippen molar-refractivity contribution in [2.75, 3.05) is 6.54 Å². The average molecular weight is 364 g/mol. The van der Waals surface area contributed by atoms with E-state index in [9.17, 15) is 4.79 Å². The second-order valence-electron chi connectivity index (χ2n) is 7.04. The van der Waals surface area contributed by atoms with E-state index < -0.39 is 0 Å². The zero-order valence-electron chi connectivity index (χ0n) is 15.1. The number of hydrogen-bond donors (Lipinski definition) is 0. The molecule has 27 heavy (non-hydrogen) atoms. The Morgan fingerprint density at radius 2 is 2.15 bits per heavy atom. The summed E-state index contributed by atoms with van der Waals surface area (Å²) in [5, 5.41) is 8.49. The number of carbonyl (C=O) groups excluding carboxylic acids is 1. The summed E-state index contributed by atoms with van der Waals surface area (Å²) in [6, 6.07) is 3.84. The Morgan fingerprint density at radius 1 is 1.22 bits per heavy atom. The molecule has 0 atom stereocenters. The van der Waals surface area contributed by atoms with Crippen LogP contribution < -0.4 is 4.74 Å². The van der Waals surface area contributed by atoms with Crippen molar-refractivity contribution in [3.63, 3.8) is 0 Å². The molecule has 8 heteroatoms. The van der Waals surface area contributed by atoms with Gasteiger partial charge in [0.05, 0.1) is 30.7 Å². The highest BCUT2D eigenvalue weighted by molar-refractivity contribution is 5.72. The molecule has 0 aromatic carbocycles. The Bertz CT molecular complexity index is 1020. The van der Waals surface area contributed by atoms with Crippen molar-refractivity contribution in [3.8, 4) is 17.1 Å². The molecule has 0 spiro atoms. The Morgan fingerprint density at radius 3 is 3.00 bits per heavy atom. The summed E-state index contributed by atoms with van der Waals surface area (Å²) in [7, 11) is 1.88. The molecule has 4 heterocycles. The van der Waals surface area contributed by atoms with Gasteiger partial charge in [-0.3, -0.25) is 9.36 Å². The van der Waals surface area contributed by atoms with E-state index in [1.54, 1.807) is 22.0 Å². The molecule has 138 valence electrons. The Balaban J connectivity index is 1.41. The lowest BCUT2D eigenvalue weighted by Crippen LogP contribution is -2.40. The third kappa shape index (κ3) is 2.87. The van der Waals surface area contributed by atoms with Crippen LogP contribution in [-0.4, -0.2) is 42.1 Å². The first-order valence-electron chi connectivity index (χ1n) is 9.16. The van der Waals surface area contributed by atoms with Gasteiger partial charge in [0, 0.05) is 37.6 Å². The van der Waals surface area contributed by atoms with E-state index in [2.05, 4.69) is 15.2 Å². The van der Waals surface area contributed by atoms with Gasteiger partial charge in [0.1, 0.15) is 0 Å². The van der Waals surface area contributed by atoms with Crippen molar-refractivity contribution in [1.82, 2.24) is 29.4 Å². The molecule has 0 N–H and O–H groups in total. The van der Waals surface area contributed by atoms with Gasteiger partial charge < -0.3 is 9.64 Å². The highest BCUT2D eigenvalue weighted by Crippen LogP contribution is 2.33. The molecule has 0 saturated carbocycles. The number of aromatic nitrogens is 5. The molecule has 3 aromatic heterocycles. The SMILES string of the molecule is Cn1cc(-c2nc(OC(=O)N3CCn4nccc4C3)cc3c2CCC3)cn1. The van der Waals surface area contributed by atoms with Gasteiger partial charge in [-0.2, -0.15) is 10.2 Å². The van der Waals surface area contributed by atoms with Crippen molar-refractivity contribution in [3.05, 3.63) is 47.5 Å². The van der Waals surface area contributed by atoms with Crippen LogP contribution >= 0.6 is 0 Å². The largest absolute Gasteiger partial charge is 0.416 e. The first-order valence-corrected chi connectivity index (χ1v) is 9.16. The van der Waals surface area contributed by atoms with Crippen LogP contribution in [0.25, 0.3) is 11.3 Å². The van der Waals surface area contributed by atoms with Crippen LogP contribution in [0, 0.1) is 0 Å². The third-order valence-corrected chi connectivity index (χ3v) is 5.23. The molecule has 0 bridgehead atoms. The fourth-order valence-corrected chi connectivity index (χ4v) is 3.89. The van der Waals surface area contributed by atoms with E-state index in [4.69, 9.17) is 4.74 Å². The van der Waals surface area contributed by atoms with Crippen molar-refractivity contribution >= 4 is 6.09 Å². The maximum absolute atomic E-state index is 12.7. The number of aryl methyl sites for hydroxylation is 2. The molecule has 0 radical (unpaired) electrons. The van der Waals surface area contributed by atoms with Gasteiger partial charge in [0.15, 0.2) is 0 Å². The summed E-state index contributed by atoms with van der Waals surface area (Å²) in [6.45, 7) is 1.75. The van der Waals surface area contributed by atoms with Gasteiger partial charge in [-0.15, -0.1) is 0 Å². The van der Waals surface area contributed by atoms with E-state index in [1.165, 1.54) is 11.1 Å². The Hall–Kier alpha value is -3.16. The van der Waals surface area contributed by atoms with Crippen LogP contribution in [0.1, 0.15) is 23.2 Å². The minimum absolute atomic E-state index is 0.360. The maximum atomic E-state index is 12.7. The van der Waals surface area contributed by atoms with Gasteiger partial charge in [0.2, 0.25) is 5.88 Å². The molecular weight excluding hydrogens is 344 g/mol. The normalized spacial score (nSPS) is 15.5. The van der Waals surface area contributed by atoms with E-state index in [0.29, 0.717) is 25.5 Å². The van der Waals surface area contributed by atoms with Crippen LogP contribution in [0.5, 0.6) is 5.88 Å². The zero-order chi connectivity index (χ0) is 18.4. The standard InChI is InChI=1S/C19H20N6O2/c1-23-11-14(10-21-23)18-16-4-2-3-13(16)9-17(22-18)27-19(26)24-7-8-25-15(12-24)5-6-20-25/h5-6,9-11H,2-4,7-8,12H2,1H3. The summed E-state index contributed by atoms with van der Waals surface area (Å²) < 4.78 is 9.33. The van der Waals surface area contributed by atoms with Crippen molar-refractivity contribution in [2.45, 2.75) is 32.4 Å². The molecule has 3 aromatic rings. The molecule has 1 aliphatic heterocycles. The minimum atomic E-state index is -0.370. The number of nitrogens with zero attached hydrogens (tertiary/aromatic N) is 6. The quantitative estimate of drug-likeness (QED) is 0.696. The fraction of sp³-hybridized carbons (Fsp3) is 0.368. The van der Waals surface area contributed by atoms with Gasteiger partial charge in [-0.25, -0.2) is 9.78 Å². The van der Waals surface area contributed by atoms with Crippen LogP contribution in [-0.2, 0) is 33.0 Å². The number of rotatable bonds is 2. The summed E-state index contributed by atoms with van der Waals surface area (Å²) in [4.78, 5) is 19.0. The summed E-state index contributed by atoms with van der Waals surface area (Å²) in [5.41, 5.74) is 5.29. The molecule has 8 nitrogen and oxygen atoms in total. The van der Waals surface area contributed by atoms with E-state index in [-0.39, 0.29) is 6.09 Å². The van der Waals surface area contributed by atoms with Gasteiger partial charge in [-0.1, -0.05) is 0 Å². The van der Waals surface area contributed by atoms with Gasteiger partial charge in [-0.05, 0) is 36.5 Å². The molecule has 0 saturated heterocycles. The predicted molar refractivity (Wildman–Crippen MR) is 97.1 cm³/mol. The minimum Gasteiger partial charge on any atom is -0.391 e. The number of hydrogen-bond acceptors (Lipinski definition) is 5. The first kappa shape index (κ1) is 16.0. The second-order valence-corrected chi connectivity index (χ2v) is 7.04. The number of ether oxygens (including phenoxy) is 1. The number of pyridine rings is 1. The van der Waals surface area contributed by atoms with Crippen LogP contribution in [0.3, 0.4) is 0 Å². The van der Waals surface area contributed by atoms with Crippen LogP contribution in [0.15, 0.2) is 30.7 Å². The van der Waals surface area contributed by atoms with Crippen molar-refractivity contribution in [2.24, 2.45) is 7.05 Å². The molecular formula is C19H20N6O2. The molecule has 1 amide bonds. The molecule has 2 aliphatic rings. The lowest BCUT2D eigenvalue weighted by molar-refractivity contribution is 0.136. The fourth-order valence-electron chi connectivity index (χ4n) is 3.89. The smallest absolute Gasteiger partial charge is 0.391 e. The molecule has 0 fully saturated rings. The van der Waals surface area contributed by atoms with E-state index in [0.717, 1.165) is 36.2 Å². The third-order valence-electron chi connectivity index (χ3n) is 5.23. The highest BCUT2D eigenvalue weighted by atomic mass is 16.6. The number of fused-ring (bicyclic) bond motifs is 2. The highest BCUT2D eigenvalue weighted by Gasteiger charge is 2.25. The molecule has 0 unspecified atom stereocenters. The Labute approximate surface area is 156 Å². The van der Waals surface area contributed by atoms with Gasteiger partial charge >= 0.3 is 6.09 Å². The summed E-state index contributed by atoms with van der Waals surface area (Å²) in [5.74, 6) is 0.360. The first-order chi connectivity index (χ1) is 13.2. The van der Waals surface area contributed by atoms with Crippen LogP contribution in [0.2, 0.25) is 0 Å². The lowest BCUT2D eigenvalue weighted by Gasteiger charge is -2.26. The average Bonchev–Trinajstić information content (AvgIpc) is 3.40. The van der Waals surface area contributed by atoms with Crippen molar-refractivity contribution < 1.29 is 9.53 Å². The zero-order valence-corrected chi connectivity index (χ0v) is 15.1.